The lowest BCUT2D eigenvalue weighted by molar-refractivity contribution is -0.123. The standard InChI is InChI=1S/C19H20BrN3O3S2/c1-12(2)18(23-28(25,26)14-9-7-13(20)8-10-14)19(24)21-11-17-22-15-5-3-4-6-16(15)27-17/h3-10,12,18,23H,11H2,1-2H3,(H,21,24)/t18-/m0/s1. The van der Waals surface area contributed by atoms with E-state index in [2.05, 4.69) is 31.0 Å². The Morgan fingerprint density at radius 3 is 2.46 bits per heavy atom. The fourth-order valence-corrected chi connectivity index (χ4v) is 5.12. The van der Waals surface area contributed by atoms with E-state index >= 15 is 0 Å². The Labute approximate surface area is 176 Å². The van der Waals surface area contributed by atoms with Crippen LogP contribution in [-0.4, -0.2) is 25.4 Å². The number of nitrogens with zero attached hydrogens (tertiary/aromatic N) is 1. The number of nitrogens with one attached hydrogen (secondary N) is 2. The quantitative estimate of drug-likeness (QED) is 0.538. The zero-order valence-corrected chi connectivity index (χ0v) is 18.6. The third-order valence-electron chi connectivity index (χ3n) is 4.11. The van der Waals surface area contributed by atoms with E-state index in [0.29, 0.717) is 0 Å². The minimum Gasteiger partial charge on any atom is -0.348 e. The molecule has 0 saturated heterocycles. The van der Waals surface area contributed by atoms with Crippen LogP contribution >= 0.6 is 27.3 Å². The number of amides is 1. The highest BCUT2D eigenvalue weighted by Crippen LogP contribution is 2.21. The molecular formula is C19H20BrN3O3S2. The SMILES string of the molecule is CC(C)[C@H](NS(=O)(=O)c1ccc(Br)cc1)C(=O)NCc1nc2ccccc2s1. The number of carbonyl (C=O) groups excluding carboxylic acids is 1. The average Bonchev–Trinajstić information content (AvgIpc) is 3.07. The van der Waals surface area contributed by atoms with Gasteiger partial charge in [-0.2, -0.15) is 4.72 Å². The highest BCUT2D eigenvalue weighted by molar-refractivity contribution is 9.10. The molecule has 1 atom stereocenters. The van der Waals surface area contributed by atoms with E-state index in [9.17, 15) is 13.2 Å². The topological polar surface area (TPSA) is 88.2 Å². The number of para-hydroxylation sites is 1. The number of thiazole rings is 1. The van der Waals surface area contributed by atoms with E-state index in [1.807, 2.05) is 24.3 Å². The summed E-state index contributed by atoms with van der Waals surface area (Å²) in [6.45, 7) is 3.85. The third kappa shape index (κ3) is 4.96. The van der Waals surface area contributed by atoms with Crippen LogP contribution < -0.4 is 10.0 Å². The molecule has 0 aliphatic carbocycles. The summed E-state index contributed by atoms with van der Waals surface area (Å²) in [5, 5.41) is 3.57. The van der Waals surface area contributed by atoms with E-state index in [0.717, 1.165) is 19.7 Å². The second kappa shape index (κ2) is 8.69. The molecule has 0 bridgehead atoms. The van der Waals surface area contributed by atoms with Crippen molar-refractivity contribution < 1.29 is 13.2 Å². The Bertz CT molecular complexity index is 1050. The number of benzene rings is 2. The van der Waals surface area contributed by atoms with E-state index in [4.69, 9.17) is 0 Å². The van der Waals surface area contributed by atoms with Crippen LogP contribution in [0.3, 0.4) is 0 Å². The first-order chi connectivity index (χ1) is 13.3. The zero-order chi connectivity index (χ0) is 20.3. The number of fused-ring (bicyclic) bond motifs is 1. The summed E-state index contributed by atoms with van der Waals surface area (Å²) in [6.07, 6.45) is 0. The van der Waals surface area contributed by atoms with Gasteiger partial charge in [-0.15, -0.1) is 11.3 Å². The van der Waals surface area contributed by atoms with Crippen molar-refractivity contribution in [2.45, 2.75) is 31.3 Å². The summed E-state index contributed by atoms with van der Waals surface area (Å²) in [5.74, 6) is -0.601. The molecule has 0 spiro atoms. The lowest BCUT2D eigenvalue weighted by Gasteiger charge is -2.21. The largest absolute Gasteiger partial charge is 0.348 e. The molecular weight excluding hydrogens is 462 g/mol. The van der Waals surface area contributed by atoms with Crippen molar-refractivity contribution in [2.24, 2.45) is 5.92 Å². The Morgan fingerprint density at radius 1 is 1.14 bits per heavy atom. The van der Waals surface area contributed by atoms with Gasteiger partial charge in [-0.3, -0.25) is 4.79 Å². The highest BCUT2D eigenvalue weighted by Gasteiger charge is 2.28. The fourth-order valence-electron chi connectivity index (χ4n) is 2.61. The lowest BCUT2D eigenvalue weighted by atomic mass is 10.1. The maximum atomic E-state index is 12.7. The van der Waals surface area contributed by atoms with Gasteiger partial charge in [0.1, 0.15) is 11.0 Å². The predicted molar refractivity (Wildman–Crippen MR) is 115 cm³/mol. The maximum absolute atomic E-state index is 12.7. The normalized spacial score (nSPS) is 13.0. The van der Waals surface area contributed by atoms with Crippen molar-refractivity contribution in [1.82, 2.24) is 15.0 Å². The van der Waals surface area contributed by atoms with Crippen molar-refractivity contribution in [1.29, 1.82) is 0 Å². The van der Waals surface area contributed by atoms with Crippen LogP contribution in [-0.2, 0) is 21.4 Å². The lowest BCUT2D eigenvalue weighted by Crippen LogP contribution is -2.49. The molecule has 3 rings (SSSR count). The monoisotopic (exact) mass is 481 g/mol. The number of hydrogen-bond donors (Lipinski definition) is 2. The van der Waals surface area contributed by atoms with Crippen LogP contribution in [0.2, 0.25) is 0 Å². The molecule has 1 heterocycles. The van der Waals surface area contributed by atoms with Gasteiger partial charge in [-0.25, -0.2) is 13.4 Å². The molecule has 0 aliphatic heterocycles. The van der Waals surface area contributed by atoms with E-state index < -0.39 is 16.1 Å². The van der Waals surface area contributed by atoms with Crippen molar-refractivity contribution in [3.05, 3.63) is 58.0 Å². The van der Waals surface area contributed by atoms with Gasteiger partial charge in [0, 0.05) is 4.47 Å². The number of halogens is 1. The molecule has 6 nitrogen and oxygen atoms in total. The number of hydrogen-bond acceptors (Lipinski definition) is 5. The third-order valence-corrected chi connectivity index (χ3v) is 7.13. The fraction of sp³-hybridized carbons (Fsp3) is 0.263. The van der Waals surface area contributed by atoms with Gasteiger partial charge in [0.2, 0.25) is 15.9 Å². The van der Waals surface area contributed by atoms with Gasteiger partial charge < -0.3 is 5.32 Å². The van der Waals surface area contributed by atoms with Crippen LogP contribution in [0.15, 0.2) is 57.9 Å². The van der Waals surface area contributed by atoms with Gasteiger partial charge in [-0.05, 0) is 42.3 Å². The first kappa shape index (κ1) is 20.9. The number of aromatic nitrogens is 1. The Kier molecular flexibility index (Phi) is 6.49. The molecule has 0 saturated carbocycles. The smallest absolute Gasteiger partial charge is 0.241 e. The summed E-state index contributed by atoms with van der Waals surface area (Å²) in [4.78, 5) is 17.3. The summed E-state index contributed by atoms with van der Waals surface area (Å²) < 4.78 is 29.6. The molecule has 0 unspecified atom stereocenters. The van der Waals surface area contributed by atoms with Gasteiger partial charge in [-0.1, -0.05) is 41.9 Å². The van der Waals surface area contributed by atoms with Gasteiger partial charge >= 0.3 is 0 Å². The van der Waals surface area contributed by atoms with Gasteiger partial charge in [0.15, 0.2) is 0 Å². The van der Waals surface area contributed by atoms with Crippen LogP contribution in [0, 0.1) is 5.92 Å². The van der Waals surface area contributed by atoms with Crippen molar-refractivity contribution in [3.63, 3.8) is 0 Å². The molecule has 0 radical (unpaired) electrons. The summed E-state index contributed by atoms with van der Waals surface area (Å²) >= 11 is 4.78. The molecule has 1 amide bonds. The molecule has 148 valence electrons. The zero-order valence-electron chi connectivity index (χ0n) is 15.3. The first-order valence-corrected chi connectivity index (χ1v) is 11.8. The van der Waals surface area contributed by atoms with E-state index in [-0.39, 0.29) is 23.3 Å². The van der Waals surface area contributed by atoms with Gasteiger partial charge in [0.25, 0.3) is 0 Å². The van der Waals surface area contributed by atoms with Crippen LogP contribution in [0.4, 0.5) is 0 Å². The molecule has 1 aromatic heterocycles. The molecule has 0 fully saturated rings. The summed E-state index contributed by atoms with van der Waals surface area (Å²) in [7, 11) is -3.81. The van der Waals surface area contributed by atoms with Gasteiger partial charge in [0.05, 0.1) is 21.7 Å². The summed E-state index contributed by atoms with van der Waals surface area (Å²) in [5.41, 5.74) is 0.882. The first-order valence-electron chi connectivity index (χ1n) is 8.66. The Morgan fingerprint density at radius 2 is 1.82 bits per heavy atom. The predicted octanol–water partition coefficient (Wildman–Crippen LogP) is 3.68. The number of sulfonamides is 1. The molecule has 0 aliphatic rings. The minimum atomic E-state index is -3.81. The molecule has 28 heavy (non-hydrogen) atoms. The van der Waals surface area contributed by atoms with Crippen molar-refractivity contribution in [3.8, 4) is 0 Å². The second-order valence-corrected chi connectivity index (χ2v) is 10.3. The van der Waals surface area contributed by atoms with E-state index in [1.165, 1.54) is 23.5 Å². The summed E-state index contributed by atoms with van der Waals surface area (Å²) in [6, 6.07) is 13.1. The number of carbonyl (C=O) groups is 1. The second-order valence-electron chi connectivity index (χ2n) is 6.59. The number of rotatable bonds is 7. The molecule has 2 aromatic carbocycles. The highest BCUT2D eigenvalue weighted by atomic mass is 79.9. The van der Waals surface area contributed by atoms with E-state index in [1.54, 1.807) is 26.0 Å². The van der Waals surface area contributed by atoms with Crippen molar-refractivity contribution in [2.75, 3.05) is 0 Å². The Balaban J connectivity index is 1.70. The molecule has 2 N–H and O–H groups in total. The van der Waals surface area contributed by atoms with Crippen molar-refractivity contribution >= 4 is 53.4 Å². The molecule has 3 aromatic rings. The molecule has 9 heteroatoms. The van der Waals surface area contributed by atoms with Crippen LogP contribution in [0.1, 0.15) is 18.9 Å². The maximum Gasteiger partial charge on any atom is 0.241 e. The van der Waals surface area contributed by atoms with Crippen LogP contribution in [0.5, 0.6) is 0 Å². The van der Waals surface area contributed by atoms with Crippen LogP contribution in [0.25, 0.3) is 10.2 Å². The minimum absolute atomic E-state index is 0.111. The Hall–Kier alpha value is -1.81. The average molecular weight is 482 g/mol.